The second-order valence-electron chi connectivity index (χ2n) is 9.67. The first kappa shape index (κ1) is 15.9. The van der Waals surface area contributed by atoms with Crippen LogP contribution in [-0.4, -0.2) is 36.5 Å². The van der Waals surface area contributed by atoms with Gasteiger partial charge in [0.05, 0.1) is 5.41 Å². The second kappa shape index (κ2) is 5.09. The van der Waals surface area contributed by atoms with Crippen molar-refractivity contribution in [3.05, 3.63) is 35.9 Å². The molecule has 25 heavy (non-hydrogen) atoms. The molecule has 5 atom stereocenters. The molecule has 0 aromatic heterocycles. The number of carbonyl (C=O) groups is 1. The Bertz CT molecular complexity index is 703. The lowest BCUT2D eigenvalue weighted by molar-refractivity contribution is -0.150. The summed E-state index contributed by atoms with van der Waals surface area (Å²) in [5, 5.41) is 3.43. The Morgan fingerprint density at radius 1 is 1.16 bits per heavy atom. The van der Waals surface area contributed by atoms with Gasteiger partial charge >= 0.3 is 0 Å². The Hall–Kier alpha value is -1.35. The zero-order chi connectivity index (χ0) is 17.3. The van der Waals surface area contributed by atoms with Crippen LogP contribution in [0.2, 0.25) is 0 Å². The summed E-state index contributed by atoms with van der Waals surface area (Å²) < 4.78 is 0. The van der Waals surface area contributed by atoms with Gasteiger partial charge in [-0.3, -0.25) is 4.79 Å². The van der Waals surface area contributed by atoms with E-state index in [1.165, 1.54) is 24.8 Å². The van der Waals surface area contributed by atoms with Crippen molar-refractivity contribution in [1.82, 2.24) is 10.2 Å². The first-order valence-electron chi connectivity index (χ1n) is 10.1. The van der Waals surface area contributed by atoms with Gasteiger partial charge in [0.1, 0.15) is 0 Å². The normalized spacial score (nSPS) is 45.1. The van der Waals surface area contributed by atoms with Crippen LogP contribution in [0.4, 0.5) is 0 Å². The van der Waals surface area contributed by atoms with Gasteiger partial charge in [-0.15, -0.1) is 0 Å². The molecule has 4 aliphatic carbocycles. The maximum absolute atomic E-state index is 13.9. The van der Waals surface area contributed by atoms with Gasteiger partial charge < -0.3 is 10.2 Å². The lowest BCUT2D eigenvalue weighted by Crippen LogP contribution is -2.58. The van der Waals surface area contributed by atoms with Crippen LogP contribution in [0.25, 0.3) is 0 Å². The van der Waals surface area contributed by atoms with Crippen LogP contribution < -0.4 is 5.32 Å². The first-order valence-corrected chi connectivity index (χ1v) is 10.1. The standard InChI is InChI=1S/C22H30N2O/c1-16-13-23-8-9-24(16)19(25)22-12-17-10-20(22,2)14-21(11-17,15-22)18-6-4-3-5-7-18/h3-7,16-17,23H,8-15H2,1-2H3/t16-,17?,20?,21?,22?/m0/s1. The summed E-state index contributed by atoms with van der Waals surface area (Å²) in [6.07, 6.45) is 5.96. The molecule has 0 spiro atoms. The smallest absolute Gasteiger partial charge is 0.229 e. The quantitative estimate of drug-likeness (QED) is 0.897. The zero-order valence-corrected chi connectivity index (χ0v) is 15.6. The van der Waals surface area contributed by atoms with Gasteiger partial charge in [0.2, 0.25) is 5.91 Å². The van der Waals surface area contributed by atoms with Crippen molar-refractivity contribution in [2.75, 3.05) is 19.6 Å². The number of benzene rings is 1. The molecule has 6 rings (SSSR count). The van der Waals surface area contributed by atoms with Crippen molar-refractivity contribution in [1.29, 1.82) is 0 Å². The summed E-state index contributed by atoms with van der Waals surface area (Å²) in [4.78, 5) is 16.1. The maximum Gasteiger partial charge on any atom is 0.229 e. The Kier molecular flexibility index (Phi) is 3.23. The highest BCUT2D eigenvalue weighted by atomic mass is 16.2. The summed E-state index contributed by atoms with van der Waals surface area (Å²) in [7, 11) is 0. The fourth-order valence-electron chi connectivity index (χ4n) is 7.35. The van der Waals surface area contributed by atoms with E-state index in [1.807, 2.05) is 0 Å². The molecule has 1 amide bonds. The van der Waals surface area contributed by atoms with E-state index < -0.39 is 0 Å². The summed E-state index contributed by atoms with van der Waals surface area (Å²) >= 11 is 0. The molecule has 4 bridgehead atoms. The average molecular weight is 338 g/mol. The van der Waals surface area contributed by atoms with Crippen molar-refractivity contribution >= 4 is 5.91 Å². The minimum Gasteiger partial charge on any atom is -0.337 e. The predicted octanol–water partition coefficient (Wildman–Crippen LogP) is 3.34. The van der Waals surface area contributed by atoms with Gasteiger partial charge in [-0.2, -0.15) is 0 Å². The molecule has 134 valence electrons. The molecule has 4 saturated carbocycles. The van der Waals surface area contributed by atoms with Gasteiger partial charge in [-0.1, -0.05) is 37.3 Å². The molecule has 1 heterocycles. The SMILES string of the molecule is C[C@H]1CNCCN1C(=O)C12CC3CC(c4ccccc4)(CC1(C)C3)C2. The summed E-state index contributed by atoms with van der Waals surface area (Å²) in [5.74, 6) is 1.21. The highest BCUT2D eigenvalue weighted by molar-refractivity contribution is 5.86. The molecule has 5 fully saturated rings. The van der Waals surface area contributed by atoms with Crippen molar-refractivity contribution in [2.45, 2.75) is 57.4 Å². The number of hydrogen-bond acceptors (Lipinski definition) is 2. The summed E-state index contributed by atoms with van der Waals surface area (Å²) in [6, 6.07) is 11.4. The molecular formula is C22H30N2O. The third-order valence-electron chi connectivity index (χ3n) is 8.14. The highest BCUT2D eigenvalue weighted by Gasteiger charge is 2.73. The molecule has 1 aromatic rings. The van der Waals surface area contributed by atoms with Crippen LogP contribution in [0.5, 0.6) is 0 Å². The monoisotopic (exact) mass is 338 g/mol. The second-order valence-corrected chi connectivity index (χ2v) is 9.67. The Morgan fingerprint density at radius 2 is 1.96 bits per heavy atom. The minimum absolute atomic E-state index is 0.114. The molecular weight excluding hydrogens is 308 g/mol. The van der Waals surface area contributed by atoms with Crippen LogP contribution in [0.15, 0.2) is 30.3 Å². The van der Waals surface area contributed by atoms with E-state index in [4.69, 9.17) is 0 Å². The zero-order valence-electron chi connectivity index (χ0n) is 15.6. The van der Waals surface area contributed by atoms with Crippen LogP contribution in [0, 0.1) is 16.7 Å². The largest absolute Gasteiger partial charge is 0.337 e. The van der Waals surface area contributed by atoms with Crippen molar-refractivity contribution < 1.29 is 4.79 Å². The number of piperazine rings is 1. The van der Waals surface area contributed by atoms with Crippen molar-refractivity contribution in [3.63, 3.8) is 0 Å². The molecule has 1 saturated heterocycles. The van der Waals surface area contributed by atoms with Crippen LogP contribution in [0.1, 0.15) is 51.5 Å². The molecule has 0 radical (unpaired) electrons. The number of nitrogens with zero attached hydrogens (tertiary/aromatic N) is 1. The van der Waals surface area contributed by atoms with Gasteiger partial charge in [-0.05, 0) is 61.3 Å². The fourth-order valence-corrected chi connectivity index (χ4v) is 7.35. The number of carbonyl (C=O) groups excluding carboxylic acids is 1. The number of amides is 1. The Morgan fingerprint density at radius 3 is 2.72 bits per heavy atom. The minimum atomic E-state index is -0.114. The van der Waals surface area contributed by atoms with E-state index in [-0.39, 0.29) is 16.2 Å². The van der Waals surface area contributed by atoms with Crippen LogP contribution >= 0.6 is 0 Å². The third-order valence-corrected chi connectivity index (χ3v) is 8.14. The van der Waals surface area contributed by atoms with Gasteiger partial charge in [0.25, 0.3) is 0 Å². The maximum atomic E-state index is 13.9. The molecule has 1 N–H and O–H groups in total. The first-order chi connectivity index (χ1) is 12.0. The average Bonchev–Trinajstić information content (AvgIpc) is 2.92. The molecule has 3 heteroatoms. The highest BCUT2D eigenvalue weighted by Crippen LogP contribution is 2.76. The van der Waals surface area contributed by atoms with E-state index in [0.717, 1.165) is 38.4 Å². The molecule has 1 aliphatic heterocycles. The van der Waals surface area contributed by atoms with Crippen LogP contribution in [0.3, 0.4) is 0 Å². The fraction of sp³-hybridized carbons (Fsp3) is 0.682. The third kappa shape index (κ3) is 1.99. The summed E-state index contributed by atoms with van der Waals surface area (Å²) in [5.41, 5.74) is 1.79. The Balaban J connectivity index is 1.55. The molecule has 4 unspecified atom stereocenters. The van der Waals surface area contributed by atoms with E-state index >= 15 is 0 Å². The van der Waals surface area contributed by atoms with Crippen molar-refractivity contribution in [3.8, 4) is 0 Å². The van der Waals surface area contributed by atoms with E-state index in [0.29, 0.717) is 11.9 Å². The topological polar surface area (TPSA) is 32.3 Å². The number of nitrogens with one attached hydrogen (secondary N) is 1. The van der Waals surface area contributed by atoms with Gasteiger partial charge in [0.15, 0.2) is 0 Å². The van der Waals surface area contributed by atoms with E-state index in [2.05, 4.69) is 54.4 Å². The summed E-state index contributed by atoms with van der Waals surface area (Å²) in [6.45, 7) is 7.39. The van der Waals surface area contributed by atoms with Gasteiger partial charge in [0, 0.05) is 25.7 Å². The number of rotatable bonds is 2. The lowest BCUT2D eigenvalue weighted by Gasteiger charge is -2.45. The Labute approximate surface area is 151 Å². The number of hydrogen-bond donors (Lipinski definition) is 1. The van der Waals surface area contributed by atoms with Crippen molar-refractivity contribution in [2.24, 2.45) is 16.7 Å². The van der Waals surface area contributed by atoms with Crippen LogP contribution in [-0.2, 0) is 10.2 Å². The molecule has 5 aliphatic rings. The predicted molar refractivity (Wildman–Crippen MR) is 99.3 cm³/mol. The lowest BCUT2D eigenvalue weighted by atomic mass is 9.63. The van der Waals surface area contributed by atoms with E-state index in [1.54, 1.807) is 0 Å². The van der Waals surface area contributed by atoms with Gasteiger partial charge in [-0.25, -0.2) is 0 Å². The van der Waals surface area contributed by atoms with E-state index in [9.17, 15) is 4.79 Å². The molecule has 1 aromatic carbocycles. The molecule has 3 nitrogen and oxygen atoms in total.